The summed E-state index contributed by atoms with van der Waals surface area (Å²) >= 11 is 0. The monoisotopic (exact) mass is 293 g/mol. The van der Waals surface area contributed by atoms with Crippen LogP contribution in [0.1, 0.15) is 56.1 Å². The minimum atomic E-state index is -0.842. The summed E-state index contributed by atoms with van der Waals surface area (Å²) in [6.07, 6.45) is 5.79. The fourth-order valence-corrected chi connectivity index (χ4v) is 3.47. The molecule has 1 aromatic rings. The van der Waals surface area contributed by atoms with Gasteiger partial charge in [-0.25, -0.2) is 4.98 Å². The van der Waals surface area contributed by atoms with E-state index in [2.05, 4.69) is 9.97 Å². The quantitative estimate of drug-likeness (QED) is 0.907. The van der Waals surface area contributed by atoms with Gasteiger partial charge >= 0.3 is 0 Å². The molecule has 114 valence electrons. The molecule has 0 unspecified atom stereocenters. The van der Waals surface area contributed by atoms with Crippen molar-refractivity contribution >= 4 is 5.91 Å². The van der Waals surface area contributed by atoms with Crippen LogP contribution < -0.4 is 5.56 Å². The highest BCUT2D eigenvalue weighted by atomic mass is 19.1. The van der Waals surface area contributed by atoms with Gasteiger partial charge < -0.3 is 9.88 Å². The smallest absolute Gasteiger partial charge is 0.287 e. The fraction of sp³-hybridized carbons (Fsp3) is 0.667. The lowest BCUT2D eigenvalue weighted by Crippen LogP contribution is -2.36. The van der Waals surface area contributed by atoms with E-state index < -0.39 is 11.4 Å². The number of aromatic nitrogens is 2. The molecular formula is C15H20FN3O2. The zero-order valence-corrected chi connectivity index (χ0v) is 12.2. The molecule has 1 aromatic heterocycles. The van der Waals surface area contributed by atoms with Crippen LogP contribution in [0.5, 0.6) is 0 Å². The Balaban J connectivity index is 1.87. The summed E-state index contributed by atoms with van der Waals surface area (Å²) in [7, 11) is 0. The summed E-state index contributed by atoms with van der Waals surface area (Å²) in [4.78, 5) is 32.6. The number of hydrogen-bond acceptors (Lipinski definition) is 3. The molecule has 0 spiro atoms. The van der Waals surface area contributed by atoms with Crippen LogP contribution in [0.3, 0.4) is 0 Å². The van der Waals surface area contributed by atoms with E-state index in [4.69, 9.17) is 0 Å². The Hall–Kier alpha value is -1.72. The zero-order valence-electron chi connectivity index (χ0n) is 12.2. The topological polar surface area (TPSA) is 66.1 Å². The Morgan fingerprint density at radius 2 is 2.00 bits per heavy atom. The van der Waals surface area contributed by atoms with Gasteiger partial charge in [0.25, 0.3) is 5.56 Å². The first kappa shape index (κ1) is 14.2. The Morgan fingerprint density at radius 1 is 1.29 bits per heavy atom. The maximum Gasteiger partial charge on any atom is 0.287 e. The van der Waals surface area contributed by atoms with Crippen molar-refractivity contribution in [2.24, 2.45) is 5.92 Å². The summed E-state index contributed by atoms with van der Waals surface area (Å²) in [5.41, 5.74) is -0.661. The fourth-order valence-electron chi connectivity index (χ4n) is 3.47. The predicted octanol–water partition coefficient (Wildman–Crippen LogP) is 2.07. The molecule has 21 heavy (non-hydrogen) atoms. The minimum absolute atomic E-state index is 0.0916. The van der Waals surface area contributed by atoms with Gasteiger partial charge in [0.05, 0.1) is 11.7 Å². The standard InChI is InChI=1S/C15H20FN3O2/c1-9-12(16)14(20)18-13(17-9)11-7-4-8-19(11)15(21)10-5-2-3-6-10/h10-11H,2-8H2,1H3,(H,17,18,20)/t11-/m1/s1. The van der Waals surface area contributed by atoms with Gasteiger partial charge in [0.1, 0.15) is 5.82 Å². The molecule has 1 N–H and O–H groups in total. The maximum absolute atomic E-state index is 13.4. The minimum Gasteiger partial charge on any atom is -0.332 e. The molecule has 1 saturated heterocycles. The van der Waals surface area contributed by atoms with Crippen LogP contribution in [-0.4, -0.2) is 27.3 Å². The van der Waals surface area contributed by atoms with Crippen molar-refractivity contribution < 1.29 is 9.18 Å². The van der Waals surface area contributed by atoms with Gasteiger partial charge in [-0.1, -0.05) is 12.8 Å². The second-order valence-electron chi connectivity index (χ2n) is 6.02. The third-order valence-electron chi connectivity index (χ3n) is 4.60. The van der Waals surface area contributed by atoms with Crippen molar-refractivity contribution in [1.82, 2.24) is 14.9 Å². The van der Waals surface area contributed by atoms with Gasteiger partial charge in [0.2, 0.25) is 11.7 Å². The molecule has 5 nitrogen and oxygen atoms in total. The number of likely N-dealkylation sites (tertiary alicyclic amines) is 1. The second-order valence-corrected chi connectivity index (χ2v) is 6.02. The molecule has 1 atom stereocenters. The number of H-pyrrole nitrogens is 1. The molecule has 1 aliphatic heterocycles. The molecule has 1 saturated carbocycles. The van der Waals surface area contributed by atoms with Gasteiger partial charge in [-0.3, -0.25) is 9.59 Å². The molecule has 0 radical (unpaired) electrons. The lowest BCUT2D eigenvalue weighted by atomic mass is 10.1. The summed E-state index contributed by atoms with van der Waals surface area (Å²) in [5.74, 6) is -0.147. The number of nitrogens with zero attached hydrogens (tertiary/aromatic N) is 2. The molecule has 2 heterocycles. The van der Waals surface area contributed by atoms with Gasteiger partial charge in [0.15, 0.2) is 0 Å². The first-order chi connectivity index (χ1) is 10.1. The Bertz CT molecular complexity index is 607. The van der Waals surface area contributed by atoms with E-state index in [0.29, 0.717) is 12.4 Å². The van der Waals surface area contributed by atoms with Crippen LogP contribution in [0.4, 0.5) is 4.39 Å². The van der Waals surface area contributed by atoms with Gasteiger partial charge in [0, 0.05) is 12.5 Å². The van der Waals surface area contributed by atoms with Crippen LogP contribution >= 0.6 is 0 Å². The van der Waals surface area contributed by atoms with Crippen LogP contribution in [-0.2, 0) is 4.79 Å². The highest BCUT2D eigenvalue weighted by Gasteiger charge is 2.36. The number of nitrogens with one attached hydrogen (secondary N) is 1. The molecule has 1 amide bonds. The number of amides is 1. The number of halogens is 1. The summed E-state index contributed by atoms with van der Waals surface area (Å²) in [6, 6.07) is -0.218. The lowest BCUT2D eigenvalue weighted by molar-refractivity contribution is -0.136. The van der Waals surface area contributed by atoms with Crippen molar-refractivity contribution in [2.75, 3.05) is 6.54 Å². The van der Waals surface area contributed by atoms with E-state index in [-0.39, 0.29) is 23.6 Å². The molecule has 0 aromatic carbocycles. The Labute approximate surface area is 122 Å². The van der Waals surface area contributed by atoms with E-state index in [1.54, 1.807) is 0 Å². The average Bonchev–Trinajstić information content (AvgIpc) is 3.14. The number of aromatic amines is 1. The highest BCUT2D eigenvalue weighted by Crippen LogP contribution is 2.34. The van der Waals surface area contributed by atoms with Crippen molar-refractivity contribution in [3.8, 4) is 0 Å². The summed E-state index contributed by atoms with van der Waals surface area (Å²) in [5, 5.41) is 0. The number of aryl methyl sites for hydroxylation is 1. The summed E-state index contributed by atoms with van der Waals surface area (Å²) < 4.78 is 13.4. The molecule has 0 bridgehead atoms. The van der Waals surface area contributed by atoms with Crippen LogP contribution in [0, 0.1) is 18.7 Å². The van der Waals surface area contributed by atoms with E-state index in [9.17, 15) is 14.0 Å². The second kappa shape index (κ2) is 5.58. The lowest BCUT2D eigenvalue weighted by Gasteiger charge is -2.26. The molecule has 1 aliphatic carbocycles. The van der Waals surface area contributed by atoms with Crippen molar-refractivity contribution in [3.63, 3.8) is 0 Å². The van der Waals surface area contributed by atoms with Crippen molar-refractivity contribution in [3.05, 3.63) is 27.7 Å². The molecule has 6 heteroatoms. The van der Waals surface area contributed by atoms with E-state index in [1.807, 2.05) is 4.90 Å². The Morgan fingerprint density at radius 3 is 2.67 bits per heavy atom. The van der Waals surface area contributed by atoms with E-state index in [0.717, 1.165) is 38.5 Å². The molecule has 3 rings (SSSR count). The van der Waals surface area contributed by atoms with Crippen molar-refractivity contribution in [1.29, 1.82) is 0 Å². The molecule has 2 fully saturated rings. The predicted molar refractivity (Wildman–Crippen MR) is 75.2 cm³/mol. The first-order valence-electron chi connectivity index (χ1n) is 7.64. The maximum atomic E-state index is 13.4. The van der Waals surface area contributed by atoms with Crippen LogP contribution in [0.15, 0.2) is 4.79 Å². The number of carbonyl (C=O) groups excluding carboxylic acids is 1. The number of hydrogen-bond donors (Lipinski definition) is 1. The Kier molecular flexibility index (Phi) is 3.78. The molecular weight excluding hydrogens is 273 g/mol. The average molecular weight is 293 g/mol. The van der Waals surface area contributed by atoms with Gasteiger partial charge in [-0.15, -0.1) is 0 Å². The van der Waals surface area contributed by atoms with Crippen LogP contribution in [0.25, 0.3) is 0 Å². The highest BCUT2D eigenvalue weighted by molar-refractivity contribution is 5.79. The van der Waals surface area contributed by atoms with E-state index in [1.165, 1.54) is 6.92 Å². The van der Waals surface area contributed by atoms with E-state index >= 15 is 0 Å². The molecule has 2 aliphatic rings. The van der Waals surface area contributed by atoms with Crippen molar-refractivity contribution in [2.45, 2.75) is 51.5 Å². The van der Waals surface area contributed by atoms with Gasteiger partial charge in [-0.05, 0) is 32.6 Å². The number of carbonyl (C=O) groups is 1. The summed E-state index contributed by atoms with van der Waals surface area (Å²) in [6.45, 7) is 2.17. The largest absolute Gasteiger partial charge is 0.332 e. The third-order valence-corrected chi connectivity index (χ3v) is 4.60. The number of rotatable bonds is 2. The zero-order chi connectivity index (χ0) is 15.0. The van der Waals surface area contributed by atoms with Gasteiger partial charge in [-0.2, -0.15) is 4.39 Å². The third kappa shape index (κ3) is 2.59. The normalized spacial score (nSPS) is 23.0. The SMILES string of the molecule is Cc1nc([C@H]2CCCN2C(=O)C2CCCC2)[nH]c(=O)c1F. The van der Waals surface area contributed by atoms with Crippen LogP contribution in [0.2, 0.25) is 0 Å². The first-order valence-corrected chi connectivity index (χ1v) is 7.64.